The van der Waals surface area contributed by atoms with E-state index in [-0.39, 0.29) is 18.6 Å². The molecule has 1 saturated heterocycles. The number of hydrogen-bond donors (Lipinski definition) is 1. The van der Waals surface area contributed by atoms with Gasteiger partial charge in [-0.05, 0) is 5.56 Å². The molecule has 1 N–H and O–H groups in total. The van der Waals surface area contributed by atoms with Gasteiger partial charge in [0.05, 0.1) is 25.4 Å². The van der Waals surface area contributed by atoms with E-state index in [1.54, 1.807) is 0 Å². The number of benzene rings is 1. The summed E-state index contributed by atoms with van der Waals surface area (Å²) < 4.78 is 26.7. The van der Waals surface area contributed by atoms with Gasteiger partial charge in [0.1, 0.15) is 0 Å². The average Bonchev–Trinajstić information content (AvgIpc) is 2.36. The smallest absolute Gasteiger partial charge is 0.264 e. The molecule has 1 aromatic rings. The maximum atomic E-state index is 11.6. The first kappa shape index (κ1) is 15.0. The zero-order valence-corrected chi connectivity index (χ0v) is 12.1. The topological polar surface area (TPSA) is 75.7 Å². The van der Waals surface area contributed by atoms with Gasteiger partial charge in [0.25, 0.3) is 10.1 Å². The summed E-state index contributed by atoms with van der Waals surface area (Å²) >= 11 is 0. The van der Waals surface area contributed by atoms with Crippen LogP contribution in [0.5, 0.6) is 0 Å². The van der Waals surface area contributed by atoms with Crippen LogP contribution in [0.1, 0.15) is 5.56 Å². The summed E-state index contributed by atoms with van der Waals surface area (Å²) in [6.45, 7) is 1.50. The minimum Gasteiger partial charge on any atom is -0.349 e. The molecule has 1 atom stereocenters. The van der Waals surface area contributed by atoms with Gasteiger partial charge < -0.3 is 5.32 Å². The largest absolute Gasteiger partial charge is 0.349 e. The molecule has 7 heteroatoms. The Bertz CT molecular complexity index is 559. The number of carbonyl (C=O) groups excluding carboxylic acids is 1. The molecule has 0 spiro atoms. The van der Waals surface area contributed by atoms with Crippen molar-refractivity contribution in [3.8, 4) is 0 Å². The van der Waals surface area contributed by atoms with Crippen molar-refractivity contribution < 1.29 is 17.4 Å². The maximum Gasteiger partial charge on any atom is 0.264 e. The number of nitrogens with one attached hydrogen (secondary N) is 1. The molecule has 1 aliphatic heterocycles. The van der Waals surface area contributed by atoms with Gasteiger partial charge in [-0.25, -0.2) is 0 Å². The number of rotatable bonds is 5. The Morgan fingerprint density at radius 3 is 2.70 bits per heavy atom. The molecule has 0 aliphatic carbocycles. The lowest BCUT2D eigenvalue weighted by molar-refractivity contribution is -0.126. The summed E-state index contributed by atoms with van der Waals surface area (Å²) in [5, 5.41) is 2.73. The second-order valence-corrected chi connectivity index (χ2v) is 6.55. The molecule has 6 nitrogen and oxygen atoms in total. The van der Waals surface area contributed by atoms with Crippen molar-refractivity contribution in [2.75, 3.05) is 26.0 Å². The third-order valence-corrected chi connectivity index (χ3v) is 3.51. The highest BCUT2D eigenvalue weighted by Gasteiger charge is 2.25. The zero-order valence-electron chi connectivity index (χ0n) is 11.3. The summed E-state index contributed by atoms with van der Waals surface area (Å²) in [6.07, 6.45) is 0.999. The Morgan fingerprint density at radius 1 is 1.35 bits per heavy atom. The third-order valence-electron chi connectivity index (χ3n) is 2.94. The zero-order chi connectivity index (χ0) is 14.6. The summed E-state index contributed by atoms with van der Waals surface area (Å²) in [6, 6.07) is 9.51. The minimum absolute atomic E-state index is 0.0319. The van der Waals surface area contributed by atoms with Gasteiger partial charge >= 0.3 is 0 Å². The number of nitrogens with zero attached hydrogens (tertiary/aromatic N) is 1. The van der Waals surface area contributed by atoms with Crippen LogP contribution in [0.3, 0.4) is 0 Å². The molecule has 0 saturated carbocycles. The minimum atomic E-state index is -3.49. The quantitative estimate of drug-likeness (QED) is 0.772. The van der Waals surface area contributed by atoms with E-state index in [0.717, 1.165) is 11.8 Å². The van der Waals surface area contributed by atoms with Crippen LogP contribution >= 0.6 is 0 Å². The molecular formula is C13H18N2O4S. The van der Waals surface area contributed by atoms with Crippen LogP contribution in [-0.4, -0.2) is 51.2 Å². The van der Waals surface area contributed by atoms with E-state index in [1.165, 1.54) is 0 Å². The number of amides is 1. The fraction of sp³-hybridized carbons (Fsp3) is 0.462. The van der Waals surface area contributed by atoms with Crippen molar-refractivity contribution in [3.05, 3.63) is 35.9 Å². The van der Waals surface area contributed by atoms with Crippen LogP contribution in [-0.2, 0) is 25.6 Å². The van der Waals surface area contributed by atoms with Gasteiger partial charge in [0, 0.05) is 13.1 Å². The maximum absolute atomic E-state index is 11.6. The highest BCUT2D eigenvalue weighted by Crippen LogP contribution is 2.08. The van der Waals surface area contributed by atoms with Gasteiger partial charge in [0.15, 0.2) is 0 Å². The molecule has 0 radical (unpaired) electrons. The monoisotopic (exact) mass is 298 g/mol. The van der Waals surface area contributed by atoms with Crippen LogP contribution in [0, 0.1) is 0 Å². The van der Waals surface area contributed by atoms with Crippen LogP contribution in [0.2, 0.25) is 0 Å². The summed E-state index contributed by atoms with van der Waals surface area (Å²) in [4.78, 5) is 13.6. The second kappa shape index (κ2) is 6.34. The van der Waals surface area contributed by atoms with E-state index in [0.29, 0.717) is 19.6 Å². The first-order valence-corrected chi connectivity index (χ1v) is 8.14. The van der Waals surface area contributed by atoms with Gasteiger partial charge in [0.2, 0.25) is 5.91 Å². The van der Waals surface area contributed by atoms with E-state index in [1.807, 2.05) is 35.2 Å². The molecule has 20 heavy (non-hydrogen) atoms. The Labute approximate surface area is 118 Å². The first-order chi connectivity index (χ1) is 9.42. The first-order valence-electron chi connectivity index (χ1n) is 6.32. The lowest BCUT2D eigenvalue weighted by Crippen LogP contribution is -2.55. The van der Waals surface area contributed by atoms with Gasteiger partial charge in [-0.3, -0.25) is 13.9 Å². The highest BCUT2D eigenvalue weighted by atomic mass is 32.2. The highest BCUT2D eigenvalue weighted by molar-refractivity contribution is 7.85. The normalized spacial score (nSPS) is 20.6. The van der Waals surface area contributed by atoms with Gasteiger partial charge in [-0.2, -0.15) is 8.42 Å². The number of piperazine rings is 1. The van der Waals surface area contributed by atoms with Crippen LogP contribution in [0.4, 0.5) is 0 Å². The summed E-state index contributed by atoms with van der Waals surface area (Å²) in [5.41, 5.74) is 1.12. The molecule has 1 aromatic carbocycles. The average molecular weight is 298 g/mol. The molecule has 110 valence electrons. The van der Waals surface area contributed by atoms with E-state index < -0.39 is 10.1 Å². The van der Waals surface area contributed by atoms with Crippen molar-refractivity contribution in [2.24, 2.45) is 0 Å². The van der Waals surface area contributed by atoms with Crippen LogP contribution in [0.15, 0.2) is 30.3 Å². The molecule has 1 aliphatic rings. The third kappa shape index (κ3) is 4.92. The van der Waals surface area contributed by atoms with E-state index in [9.17, 15) is 13.2 Å². The SMILES string of the molecule is CS(=O)(=O)OCC1CN(Cc2ccccc2)CC(=O)N1. The molecule has 1 amide bonds. The van der Waals surface area contributed by atoms with Crippen molar-refractivity contribution in [3.63, 3.8) is 0 Å². The van der Waals surface area contributed by atoms with Gasteiger partial charge in [-0.15, -0.1) is 0 Å². The fourth-order valence-corrected chi connectivity index (χ4v) is 2.57. The molecular weight excluding hydrogens is 280 g/mol. The van der Waals surface area contributed by atoms with Crippen LogP contribution in [0.25, 0.3) is 0 Å². The molecule has 0 bridgehead atoms. The molecule has 1 unspecified atom stereocenters. The summed E-state index contributed by atoms with van der Waals surface area (Å²) in [5.74, 6) is -0.116. The standard InChI is InChI=1S/C13H18N2O4S/c1-20(17,18)19-10-12-8-15(9-13(16)14-12)7-11-5-3-2-4-6-11/h2-6,12H,7-10H2,1H3,(H,14,16). The van der Waals surface area contributed by atoms with E-state index in [4.69, 9.17) is 4.18 Å². The van der Waals surface area contributed by atoms with E-state index in [2.05, 4.69) is 5.32 Å². The number of carbonyl (C=O) groups is 1. The van der Waals surface area contributed by atoms with Crippen molar-refractivity contribution in [1.82, 2.24) is 10.2 Å². The van der Waals surface area contributed by atoms with E-state index >= 15 is 0 Å². The molecule has 2 rings (SSSR count). The van der Waals surface area contributed by atoms with Crippen molar-refractivity contribution in [1.29, 1.82) is 0 Å². The predicted octanol–water partition coefficient (Wildman–Crippen LogP) is -0.0368. The van der Waals surface area contributed by atoms with Gasteiger partial charge in [-0.1, -0.05) is 30.3 Å². The predicted molar refractivity (Wildman–Crippen MR) is 74.4 cm³/mol. The Hall–Kier alpha value is -1.44. The number of hydrogen-bond acceptors (Lipinski definition) is 5. The molecule has 0 aromatic heterocycles. The Balaban J connectivity index is 1.92. The Kier molecular flexibility index (Phi) is 4.74. The molecule has 1 fully saturated rings. The summed E-state index contributed by atoms with van der Waals surface area (Å²) in [7, 11) is -3.49. The second-order valence-electron chi connectivity index (χ2n) is 4.91. The van der Waals surface area contributed by atoms with Crippen molar-refractivity contribution in [2.45, 2.75) is 12.6 Å². The van der Waals surface area contributed by atoms with Crippen molar-refractivity contribution >= 4 is 16.0 Å². The Morgan fingerprint density at radius 2 is 2.05 bits per heavy atom. The van der Waals surface area contributed by atoms with Crippen LogP contribution < -0.4 is 5.32 Å². The fourth-order valence-electron chi connectivity index (χ4n) is 2.16. The lowest BCUT2D eigenvalue weighted by atomic mass is 10.1. The lowest BCUT2D eigenvalue weighted by Gasteiger charge is -2.32. The molecule has 1 heterocycles.